The highest BCUT2D eigenvalue weighted by molar-refractivity contribution is 7.85. The molecule has 2 aromatic rings. The number of fused-ring (bicyclic) bond motifs is 4. The number of phenolic OH excluding ortho intramolecular Hbond substituents is 2. The van der Waals surface area contributed by atoms with E-state index in [4.69, 9.17) is 30.4 Å². The van der Waals surface area contributed by atoms with Crippen LogP contribution >= 0.6 is 0 Å². The van der Waals surface area contributed by atoms with E-state index in [2.05, 4.69) is 23.8 Å². The van der Waals surface area contributed by atoms with Gasteiger partial charge in [-0.05, 0) is 107 Å². The predicted octanol–water partition coefficient (Wildman–Crippen LogP) is 8.54. The van der Waals surface area contributed by atoms with E-state index in [1.165, 1.54) is 50.6 Å². The number of allylic oxidation sites excluding steroid dienone is 8. The Kier molecular flexibility index (Phi) is 31.9. The van der Waals surface area contributed by atoms with Gasteiger partial charge in [-0.15, -0.1) is 6.58 Å². The summed E-state index contributed by atoms with van der Waals surface area (Å²) in [7, 11) is -1.21. The van der Waals surface area contributed by atoms with Crippen LogP contribution in [-0.2, 0) is 54.7 Å². The molecule has 12 atom stereocenters. The minimum atomic E-state index is -4.25. The number of carbonyl (C=O) groups excluding carboxylic acids is 6. The fraction of sp³-hybridized carbons (Fsp3) is 0.449. The Labute approximate surface area is 541 Å². The van der Waals surface area contributed by atoms with Crippen molar-refractivity contribution in [1.29, 1.82) is 0 Å². The van der Waals surface area contributed by atoms with Gasteiger partial charge in [0.2, 0.25) is 5.78 Å². The second-order valence-electron chi connectivity index (χ2n) is 23.7. The first-order valence-electron chi connectivity index (χ1n) is 30.4. The Hall–Kier alpha value is -8.03. The summed E-state index contributed by atoms with van der Waals surface area (Å²) in [5, 5.41) is 51.6. The van der Waals surface area contributed by atoms with Crippen molar-refractivity contribution in [3.63, 3.8) is 0 Å². The van der Waals surface area contributed by atoms with Crippen molar-refractivity contribution < 1.29 is 86.4 Å². The van der Waals surface area contributed by atoms with Gasteiger partial charge < -0.3 is 71.3 Å². The van der Waals surface area contributed by atoms with Crippen molar-refractivity contribution in [2.75, 3.05) is 26.1 Å². The zero-order chi connectivity index (χ0) is 69.3. The molecule has 5 rings (SSSR count). The number of anilines is 1. The molecule has 4 bridgehead atoms. The van der Waals surface area contributed by atoms with Crippen LogP contribution in [0.1, 0.15) is 107 Å². The van der Waals surface area contributed by atoms with Gasteiger partial charge >= 0.3 is 12.2 Å². The summed E-state index contributed by atoms with van der Waals surface area (Å²) in [6.45, 7) is 26.0. The number of aliphatic hydroxyl groups excluding tert-OH is 2. The standard InChI is InChI=1S/C32H44N2O7.C31H45N3O7.C6H6O3S/c1-8-9-13-23-24-14-18(2)15-27(40-7)28(36)21(5)16-22(6)30(41-32(33)39)19(3)11-10-12-20(4)31(38)34-25(29(24)37)17-26(23)35;1-8-12-33-26-22-13-17(2)14-25(40-7)27(36)20(5)15-21(6)29(41-31(32)39)18(3)10-9-11-19(4)30(38)34-23(28(22)37)16-24(26)35;7-10(8,9)6-4-2-1-3-5-6/h8,10-12,16-19,21,27-28,30,36H,1,9,13-15H2,2-7H3,(H2,33,39)(H,34,38);8-11,15-18,20,25,27,29,33,35-37H,1,12-14H2,2-7H3,(H2,32,39)(H,34,38);1-5H,(H,7,8,9)/b11-10-,20-12+,22-16+;10-9-,19-11+,21-15+;/t18-,19+,21+,27+,28-,30-;17-,18+,20+,25+,27-,29-;/m11./s1. The zero-order valence-corrected chi connectivity index (χ0v) is 55.7. The topological polar surface area (TPSA) is 370 Å². The molecule has 0 saturated carbocycles. The third-order valence-electron chi connectivity index (χ3n) is 15.9. The van der Waals surface area contributed by atoms with Crippen molar-refractivity contribution in [2.24, 2.45) is 47.0 Å². The van der Waals surface area contributed by atoms with Gasteiger partial charge in [0.25, 0.3) is 11.8 Å². The Morgan fingerprint density at radius 1 is 0.728 bits per heavy atom. The number of nitrogens with two attached hydrogens (primary N) is 3. The molecule has 2 aromatic carbocycles. The van der Waals surface area contributed by atoms with E-state index >= 15 is 0 Å². The number of aromatic hydroxyl groups is 2. The number of amides is 4. The normalized spacial score (nSPS) is 28.8. The van der Waals surface area contributed by atoms with E-state index in [0.717, 1.165) is 0 Å². The molecule has 2 heterocycles. The van der Waals surface area contributed by atoms with Crippen molar-refractivity contribution >= 4 is 57.1 Å². The largest absolute Gasteiger partial charge is 0.744 e. The lowest BCUT2D eigenvalue weighted by Crippen LogP contribution is -2.78. The summed E-state index contributed by atoms with van der Waals surface area (Å²) in [5.41, 5.74) is 14.5. The lowest BCUT2D eigenvalue weighted by Gasteiger charge is -2.29. The molecule has 0 saturated heterocycles. The quantitative estimate of drug-likeness (QED) is 0.0254. The highest BCUT2D eigenvalue weighted by Crippen LogP contribution is 2.41. The number of methoxy groups -OCH3 is 2. The van der Waals surface area contributed by atoms with Crippen molar-refractivity contribution in [2.45, 2.75) is 149 Å². The first-order chi connectivity index (χ1) is 43.2. The first-order valence-corrected chi connectivity index (χ1v) is 31.8. The number of aliphatic hydroxyl groups is 2. The Bertz CT molecular complexity index is 3330. The summed E-state index contributed by atoms with van der Waals surface area (Å²) >= 11 is 0. The average Bonchev–Trinajstić information content (AvgIpc) is 0.923. The highest BCUT2D eigenvalue weighted by Gasteiger charge is 2.34. The maximum absolute atomic E-state index is 13.6. The smallest absolute Gasteiger partial charge is 0.405 e. The van der Waals surface area contributed by atoms with Crippen molar-refractivity contribution in [3.8, 4) is 11.5 Å². The van der Waals surface area contributed by atoms with Gasteiger partial charge in [0.05, 0.1) is 52.8 Å². The van der Waals surface area contributed by atoms with E-state index in [1.807, 2.05) is 60.6 Å². The summed E-state index contributed by atoms with van der Waals surface area (Å²) in [4.78, 5) is 75.7. The molecule has 1 aliphatic carbocycles. The summed E-state index contributed by atoms with van der Waals surface area (Å²) in [5.74, 6) is -3.52. The van der Waals surface area contributed by atoms with Crippen molar-refractivity contribution in [1.82, 2.24) is 5.32 Å². The van der Waals surface area contributed by atoms with Crippen LogP contribution in [0, 0.1) is 35.5 Å². The van der Waals surface area contributed by atoms with Crippen LogP contribution < -0.4 is 27.4 Å². The second-order valence-corrected chi connectivity index (χ2v) is 25.1. The minimum absolute atomic E-state index is 0.0701. The molecule has 3 aliphatic rings. The molecule has 12 N–H and O–H groups in total. The maximum Gasteiger partial charge on any atom is 0.405 e. The Morgan fingerprint density at radius 2 is 1.21 bits per heavy atom. The van der Waals surface area contributed by atoms with E-state index in [0.29, 0.717) is 83.3 Å². The van der Waals surface area contributed by atoms with E-state index in [1.54, 1.807) is 80.8 Å². The molecule has 0 aromatic heterocycles. The molecule has 504 valence electrons. The number of phenols is 2. The summed E-state index contributed by atoms with van der Waals surface area (Å²) < 4.78 is 53.0. The van der Waals surface area contributed by atoms with Gasteiger partial charge in [-0.3, -0.25) is 19.2 Å². The number of ketones is 2. The number of hydrogen-bond acceptors (Lipinski definition) is 17. The number of Topliss-reactive ketones (excluding diaryl/α,β-unsaturated/α-hetero) is 1. The zero-order valence-electron chi connectivity index (χ0n) is 54.8. The number of rotatable bonds is 11. The minimum Gasteiger partial charge on any atom is -0.744 e. The number of ether oxygens (including phenoxy) is 4. The van der Waals surface area contributed by atoms with Crippen LogP contribution in [0.4, 0.5) is 21.0 Å². The molecule has 22 nitrogen and oxygen atoms in total. The lowest BCUT2D eigenvalue weighted by molar-refractivity contribution is -0.562. The molecule has 0 spiro atoms. The molecule has 2 aliphatic heterocycles. The van der Waals surface area contributed by atoms with Crippen LogP contribution in [0.15, 0.2) is 160 Å². The van der Waals surface area contributed by atoms with Crippen LogP contribution in [0.25, 0.3) is 0 Å². The Morgan fingerprint density at radius 3 is 1.64 bits per heavy atom. The van der Waals surface area contributed by atoms with Crippen LogP contribution in [0.5, 0.6) is 11.5 Å². The van der Waals surface area contributed by atoms with Gasteiger partial charge in [0.1, 0.15) is 28.1 Å². The Balaban J connectivity index is 0.000000416. The van der Waals surface area contributed by atoms with E-state index in [-0.39, 0.29) is 75.5 Å². The molecule has 23 heteroatoms. The third-order valence-corrected chi connectivity index (χ3v) is 16.8. The number of benzene rings is 2. The maximum atomic E-state index is 13.6. The average molecular weight is 1300 g/mol. The fourth-order valence-corrected chi connectivity index (χ4v) is 11.4. The number of nitrogens with one attached hydrogen (secondary N) is 2. The van der Waals surface area contributed by atoms with Crippen molar-refractivity contribution in [3.05, 3.63) is 161 Å². The van der Waals surface area contributed by atoms with E-state index < -0.39 is 76.5 Å². The number of quaternary nitrogens is 1. The van der Waals surface area contributed by atoms with Gasteiger partial charge in [0, 0.05) is 72.3 Å². The molecule has 0 unspecified atom stereocenters. The molecule has 0 radical (unpaired) electrons. The van der Waals surface area contributed by atoms with Crippen LogP contribution in [0.2, 0.25) is 0 Å². The van der Waals surface area contributed by atoms with E-state index in [9.17, 15) is 62.2 Å². The summed E-state index contributed by atoms with van der Waals surface area (Å²) in [6.07, 6.45) is 14.5. The van der Waals surface area contributed by atoms with Crippen LogP contribution in [-0.4, -0.2) is 126 Å². The molecular formula is C69H95N5O17S. The highest BCUT2D eigenvalue weighted by atomic mass is 32.2. The first kappa shape index (κ1) is 78.2. The van der Waals surface area contributed by atoms with Gasteiger partial charge in [0.15, 0.2) is 17.2 Å². The van der Waals surface area contributed by atoms with Crippen LogP contribution in [0.3, 0.4) is 0 Å². The predicted molar refractivity (Wildman–Crippen MR) is 351 cm³/mol. The number of primary amides is 2. The second kappa shape index (κ2) is 37.5. The summed E-state index contributed by atoms with van der Waals surface area (Å²) in [6, 6.07) is 8.52. The third kappa shape index (κ3) is 23.9. The molecule has 92 heavy (non-hydrogen) atoms. The van der Waals surface area contributed by atoms with Gasteiger partial charge in [-0.2, -0.15) is 0 Å². The molecule has 4 amide bonds. The number of carbonyl (C=O) groups is 6. The fourth-order valence-electron chi connectivity index (χ4n) is 10.9. The number of hydrogen-bond donors (Lipinski definition) is 9. The van der Waals surface area contributed by atoms with Gasteiger partial charge in [-0.1, -0.05) is 121 Å². The monoisotopic (exact) mass is 1300 g/mol. The molecular weight excluding hydrogens is 1200 g/mol. The SMILES string of the molecule is C=CCCC1=C2C[C@@H](C)C[C@H](OC)[C@H](O)[C@@H](C)/C=C(\C)[C@H](OC(N)=O)[C@@H](C)/C=C\C=C(/C)C(=O)NC(=CC1=O)C2=O.C=CC[NH2+]c1c(O)cc2c(O)c1C[C@@H](C)C[C@H](OC)[C@H](O)[C@@H](C)/C=C(\C)[C@H](OC(N)=O)[C@@H](C)/C=C\C=C(/C)C(=O)N2.O=S(=O)([O-])c1ccccc1. The van der Waals surface area contributed by atoms with Gasteiger partial charge in [-0.25, -0.2) is 18.0 Å². The molecule has 0 fully saturated rings. The lowest BCUT2D eigenvalue weighted by atomic mass is 9.82.